The van der Waals surface area contributed by atoms with Gasteiger partial charge in [-0.25, -0.2) is 4.39 Å². The van der Waals surface area contributed by atoms with E-state index in [2.05, 4.69) is 10.6 Å². The molecule has 2 rings (SSSR count). The molecule has 3 N–H and O–H groups in total. The minimum absolute atomic E-state index is 0.0298. The van der Waals surface area contributed by atoms with Crippen LogP contribution in [-0.4, -0.2) is 43.4 Å². The summed E-state index contributed by atoms with van der Waals surface area (Å²) in [6, 6.07) is 5.54. The maximum absolute atomic E-state index is 13.4. The number of ether oxygens (including phenoxy) is 1. The van der Waals surface area contributed by atoms with Crippen LogP contribution in [0.1, 0.15) is 11.7 Å². The normalized spacial score (nSPS) is 20.8. The largest absolute Gasteiger partial charge is 0.386 e. The predicted molar refractivity (Wildman–Crippen MR) is 67.0 cm³/mol. The topological polar surface area (TPSA) is 70.6 Å². The summed E-state index contributed by atoms with van der Waals surface area (Å²) in [6.07, 6.45) is -1.06. The number of nitrogens with one attached hydrogen (secondary N) is 2. The monoisotopic (exact) mass is 268 g/mol. The third-order valence-electron chi connectivity index (χ3n) is 2.97. The Morgan fingerprint density at radius 2 is 2.37 bits per heavy atom. The molecule has 5 nitrogen and oxygen atoms in total. The maximum atomic E-state index is 13.4. The van der Waals surface area contributed by atoms with Crippen molar-refractivity contribution in [3.8, 4) is 0 Å². The molecule has 0 radical (unpaired) electrons. The molecule has 0 spiro atoms. The van der Waals surface area contributed by atoms with Crippen LogP contribution in [-0.2, 0) is 9.53 Å². The third-order valence-corrected chi connectivity index (χ3v) is 2.97. The van der Waals surface area contributed by atoms with Crippen molar-refractivity contribution >= 4 is 5.91 Å². The number of benzene rings is 1. The van der Waals surface area contributed by atoms with E-state index in [9.17, 15) is 14.3 Å². The van der Waals surface area contributed by atoms with Crippen LogP contribution in [0.5, 0.6) is 0 Å². The summed E-state index contributed by atoms with van der Waals surface area (Å²) in [5.74, 6) is -0.738. The molecule has 1 aliphatic rings. The van der Waals surface area contributed by atoms with Crippen LogP contribution in [0.3, 0.4) is 0 Å². The van der Waals surface area contributed by atoms with Crippen molar-refractivity contribution in [1.82, 2.24) is 10.6 Å². The maximum Gasteiger partial charge on any atom is 0.239 e. The van der Waals surface area contributed by atoms with E-state index in [-0.39, 0.29) is 18.0 Å². The number of rotatable bonds is 4. The fraction of sp³-hybridized carbons (Fsp3) is 0.462. The Labute approximate surface area is 110 Å². The quantitative estimate of drug-likeness (QED) is 0.717. The summed E-state index contributed by atoms with van der Waals surface area (Å²) in [5.41, 5.74) is 0.177. The van der Waals surface area contributed by atoms with Gasteiger partial charge in [0.15, 0.2) is 0 Å². The van der Waals surface area contributed by atoms with Crippen molar-refractivity contribution in [2.75, 3.05) is 26.3 Å². The van der Waals surface area contributed by atoms with E-state index in [1.165, 1.54) is 12.1 Å². The number of morpholine rings is 1. The van der Waals surface area contributed by atoms with E-state index in [4.69, 9.17) is 4.74 Å². The van der Waals surface area contributed by atoms with E-state index in [0.717, 1.165) is 0 Å². The lowest BCUT2D eigenvalue weighted by Crippen LogP contribution is -2.51. The molecule has 6 heteroatoms. The Balaban J connectivity index is 1.84. The number of aliphatic hydroxyl groups excluding tert-OH is 1. The van der Waals surface area contributed by atoms with E-state index in [0.29, 0.717) is 19.8 Å². The second kappa shape index (κ2) is 6.60. The van der Waals surface area contributed by atoms with Crippen molar-refractivity contribution in [3.05, 3.63) is 35.6 Å². The minimum Gasteiger partial charge on any atom is -0.386 e. The molecule has 2 atom stereocenters. The molecule has 1 fully saturated rings. The standard InChI is InChI=1S/C13H17FN2O3/c14-10-4-2-1-3-9(10)12(17)7-16-13(18)11-8-19-6-5-15-11/h1-4,11-12,15,17H,5-8H2,(H,16,18)/t11-,12+/m1/s1. The van der Waals surface area contributed by atoms with Crippen molar-refractivity contribution < 1.29 is 19.0 Å². The number of carbonyl (C=O) groups is 1. The van der Waals surface area contributed by atoms with Crippen LogP contribution in [0.25, 0.3) is 0 Å². The third kappa shape index (κ3) is 3.73. The lowest BCUT2D eigenvalue weighted by atomic mass is 10.1. The van der Waals surface area contributed by atoms with Gasteiger partial charge in [-0.05, 0) is 6.07 Å². The Morgan fingerprint density at radius 1 is 1.58 bits per heavy atom. The molecule has 1 saturated heterocycles. The molecule has 0 unspecified atom stereocenters. The number of hydrogen-bond acceptors (Lipinski definition) is 4. The molecule has 1 aliphatic heterocycles. The van der Waals surface area contributed by atoms with E-state index < -0.39 is 18.0 Å². The lowest BCUT2D eigenvalue weighted by molar-refractivity contribution is -0.126. The van der Waals surface area contributed by atoms with E-state index >= 15 is 0 Å². The van der Waals surface area contributed by atoms with Gasteiger partial charge in [-0.2, -0.15) is 0 Å². The van der Waals surface area contributed by atoms with Crippen LogP contribution in [0, 0.1) is 5.82 Å². The SMILES string of the molecule is O=C(NC[C@H](O)c1ccccc1F)[C@H]1COCCN1. The van der Waals surface area contributed by atoms with Gasteiger partial charge in [-0.15, -0.1) is 0 Å². The Bertz CT molecular complexity index is 436. The summed E-state index contributed by atoms with van der Waals surface area (Å²) in [6.45, 7) is 1.48. The van der Waals surface area contributed by atoms with Gasteiger partial charge < -0.3 is 20.5 Å². The van der Waals surface area contributed by atoms with Crippen molar-refractivity contribution in [2.24, 2.45) is 0 Å². The zero-order valence-electron chi connectivity index (χ0n) is 10.4. The second-order valence-corrected chi connectivity index (χ2v) is 4.36. The molecule has 1 heterocycles. The molecule has 104 valence electrons. The van der Waals surface area contributed by atoms with Crippen LogP contribution < -0.4 is 10.6 Å². The molecule has 0 aliphatic carbocycles. The molecule has 19 heavy (non-hydrogen) atoms. The zero-order chi connectivity index (χ0) is 13.7. The van der Waals surface area contributed by atoms with Crippen molar-refractivity contribution in [1.29, 1.82) is 0 Å². The number of aliphatic hydroxyl groups is 1. The lowest BCUT2D eigenvalue weighted by Gasteiger charge is -2.23. The van der Waals surface area contributed by atoms with Gasteiger partial charge in [0.1, 0.15) is 11.9 Å². The first-order valence-electron chi connectivity index (χ1n) is 6.20. The molecule has 0 bridgehead atoms. The van der Waals surface area contributed by atoms with Gasteiger partial charge in [0, 0.05) is 18.7 Å². The van der Waals surface area contributed by atoms with Crippen LogP contribution in [0.2, 0.25) is 0 Å². The van der Waals surface area contributed by atoms with Gasteiger partial charge in [0.05, 0.1) is 19.3 Å². The van der Waals surface area contributed by atoms with Crippen molar-refractivity contribution in [3.63, 3.8) is 0 Å². The second-order valence-electron chi connectivity index (χ2n) is 4.36. The van der Waals surface area contributed by atoms with Gasteiger partial charge in [-0.3, -0.25) is 4.79 Å². The molecule has 0 saturated carbocycles. The highest BCUT2D eigenvalue weighted by atomic mass is 19.1. The van der Waals surface area contributed by atoms with E-state index in [1.54, 1.807) is 12.1 Å². The van der Waals surface area contributed by atoms with Crippen LogP contribution in [0.15, 0.2) is 24.3 Å². The first kappa shape index (κ1) is 13.9. The van der Waals surface area contributed by atoms with Gasteiger partial charge in [-0.1, -0.05) is 18.2 Å². The number of carbonyl (C=O) groups excluding carboxylic acids is 1. The summed E-state index contributed by atoms with van der Waals surface area (Å²) in [7, 11) is 0. The summed E-state index contributed by atoms with van der Waals surface area (Å²) < 4.78 is 18.6. The summed E-state index contributed by atoms with van der Waals surface area (Å²) >= 11 is 0. The summed E-state index contributed by atoms with van der Waals surface area (Å²) in [4.78, 5) is 11.8. The average molecular weight is 268 g/mol. The first-order valence-corrected chi connectivity index (χ1v) is 6.20. The van der Waals surface area contributed by atoms with Gasteiger partial charge in [0.2, 0.25) is 5.91 Å². The highest BCUT2D eigenvalue weighted by Gasteiger charge is 2.22. The number of amides is 1. The first-order chi connectivity index (χ1) is 9.18. The van der Waals surface area contributed by atoms with E-state index in [1.807, 2.05) is 0 Å². The molecule has 0 aromatic heterocycles. The Hall–Kier alpha value is -1.50. The Morgan fingerprint density at radius 3 is 3.05 bits per heavy atom. The van der Waals surface area contributed by atoms with Gasteiger partial charge in [0.25, 0.3) is 0 Å². The zero-order valence-corrected chi connectivity index (χ0v) is 10.4. The number of hydrogen-bond donors (Lipinski definition) is 3. The molecule has 1 amide bonds. The van der Waals surface area contributed by atoms with Gasteiger partial charge >= 0.3 is 0 Å². The highest BCUT2D eigenvalue weighted by Crippen LogP contribution is 2.15. The van der Waals surface area contributed by atoms with Crippen molar-refractivity contribution in [2.45, 2.75) is 12.1 Å². The van der Waals surface area contributed by atoms with Crippen LogP contribution in [0.4, 0.5) is 4.39 Å². The average Bonchev–Trinajstić information content (AvgIpc) is 2.46. The number of halogens is 1. The minimum atomic E-state index is -1.06. The predicted octanol–water partition coefficient (Wildman–Crippen LogP) is -0.0363. The molecule has 1 aromatic carbocycles. The fourth-order valence-electron chi connectivity index (χ4n) is 1.91. The summed E-state index contributed by atoms with van der Waals surface area (Å²) in [5, 5.41) is 15.4. The van der Waals surface area contributed by atoms with Crippen LogP contribution >= 0.6 is 0 Å². The Kier molecular flexibility index (Phi) is 4.84. The molecular formula is C13H17FN2O3. The molecule has 1 aromatic rings. The highest BCUT2D eigenvalue weighted by molar-refractivity contribution is 5.82. The smallest absolute Gasteiger partial charge is 0.239 e. The molecular weight excluding hydrogens is 251 g/mol. The fourth-order valence-corrected chi connectivity index (χ4v) is 1.91.